The molecule has 124 valence electrons. The van der Waals surface area contributed by atoms with E-state index in [0.29, 0.717) is 24.3 Å². The van der Waals surface area contributed by atoms with Crippen LogP contribution < -0.4 is 5.32 Å². The van der Waals surface area contributed by atoms with Gasteiger partial charge < -0.3 is 15.2 Å². The van der Waals surface area contributed by atoms with Crippen molar-refractivity contribution < 1.29 is 14.2 Å². The second kappa shape index (κ2) is 5.88. The molecule has 0 saturated carbocycles. The molecule has 2 aromatic heterocycles. The number of hydrogen-bond acceptors (Lipinski definition) is 6. The third-order valence-electron chi connectivity index (χ3n) is 3.85. The first-order chi connectivity index (χ1) is 11.6. The van der Waals surface area contributed by atoms with Crippen molar-refractivity contribution in [1.82, 2.24) is 19.5 Å². The molecule has 2 N–H and O–H groups in total. The van der Waals surface area contributed by atoms with Crippen molar-refractivity contribution in [3.05, 3.63) is 41.2 Å². The highest BCUT2D eigenvalue weighted by Crippen LogP contribution is 2.29. The lowest BCUT2D eigenvalue weighted by Gasteiger charge is -2.27. The van der Waals surface area contributed by atoms with Gasteiger partial charge in [-0.3, -0.25) is 4.57 Å². The zero-order valence-corrected chi connectivity index (χ0v) is 13.2. The van der Waals surface area contributed by atoms with Crippen LogP contribution in [0.4, 0.5) is 10.2 Å². The molecule has 0 amide bonds. The Bertz CT molecular complexity index is 912. The van der Waals surface area contributed by atoms with E-state index in [0.717, 1.165) is 12.0 Å². The highest BCUT2D eigenvalue weighted by Gasteiger charge is 2.24. The molecule has 1 aliphatic heterocycles. The number of fused-ring (bicyclic) bond motifs is 1. The SMILES string of the molecule is Oc1cc(CNc2nc(F)nc3c2ncn3C2CCO2)ccc1Cl. The molecule has 1 fully saturated rings. The van der Waals surface area contributed by atoms with Crippen LogP contribution in [0.3, 0.4) is 0 Å². The predicted octanol–water partition coefficient (Wildman–Crippen LogP) is 2.86. The number of phenols is 1. The number of phenolic OH excluding ortho intramolecular Hbond substituents is 1. The summed E-state index contributed by atoms with van der Waals surface area (Å²) in [4.78, 5) is 11.9. The maximum absolute atomic E-state index is 13.8. The Kier molecular flexibility index (Phi) is 3.70. The fraction of sp³-hybridized carbons (Fsp3) is 0.267. The Labute approximate surface area is 141 Å². The highest BCUT2D eigenvalue weighted by molar-refractivity contribution is 6.32. The average Bonchev–Trinajstić information content (AvgIpc) is 2.90. The van der Waals surface area contributed by atoms with Gasteiger partial charge in [-0.05, 0) is 17.7 Å². The van der Waals surface area contributed by atoms with Crippen molar-refractivity contribution >= 4 is 28.6 Å². The molecule has 3 heterocycles. The third kappa shape index (κ3) is 2.63. The molecule has 0 spiro atoms. The van der Waals surface area contributed by atoms with Crippen LogP contribution in [-0.2, 0) is 11.3 Å². The van der Waals surface area contributed by atoms with Crippen LogP contribution in [0.1, 0.15) is 18.2 Å². The van der Waals surface area contributed by atoms with Crippen molar-refractivity contribution in [2.45, 2.75) is 19.2 Å². The van der Waals surface area contributed by atoms with Gasteiger partial charge in [0.05, 0.1) is 18.0 Å². The molecule has 4 rings (SSSR count). The van der Waals surface area contributed by atoms with Crippen molar-refractivity contribution in [3.63, 3.8) is 0 Å². The van der Waals surface area contributed by atoms with E-state index in [1.165, 1.54) is 6.07 Å². The molecule has 1 aromatic carbocycles. The van der Waals surface area contributed by atoms with Crippen LogP contribution >= 0.6 is 11.6 Å². The van der Waals surface area contributed by atoms with Crippen LogP contribution in [0.2, 0.25) is 5.02 Å². The molecule has 1 atom stereocenters. The molecule has 0 bridgehead atoms. The summed E-state index contributed by atoms with van der Waals surface area (Å²) in [5.41, 5.74) is 1.62. The monoisotopic (exact) mass is 349 g/mol. The summed E-state index contributed by atoms with van der Waals surface area (Å²) in [5.74, 6) is 0.270. The Hall–Kier alpha value is -2.45. The number of nitrogens with one attached hydrogen (secondary N) is 1. The van der Waals surface area contributed by atoms with Gasteiger partial charge in [0.2, 0.25) is 0 Å². The second-order valence-corrected chi connectivity index (χ2v) is 5.83. The lowest BCUT2D eigenvalue weighted by Crippen LogP contribution is -2.24. The van der Waals surface area contributed by atoms with Gasteiger partial charge in [0.1, 0.15) is 12.0 Å². The van der Waals surface area contributed by atoms with Gasteiger partial charge in [0, 0.05) is 13.0 Å². The van der Waals surface area contributed by atoms with Gasteiger partial charge in [0.15, 0.2) is 17.0 Å². The number of aromatic nitrogens is 4. The molecule has 1 saturated heterocycles. The molecule has 1 aliphatic rings. The lowest BCUT2D eigenvalue weighted by molar-refractivity contribution is -0.0974. The number of ether oxygens (including phenoxy) is 1. The summed E-state index contributed by atoms with van der Waals surface area (Å²) < 4.78 is 20.9. The molecule has 3 aromatic rings. The normalized spacial score (nSPS) is 17.0. The summed E-state index contributed by atoms with van der Waals surface area (Å²) in [6, 6.07) is 4.88. The van der Waals surface area contributed by atoms with E-state index in [9.17, 15) is 9.50 Å². The van der Waals surface area contributed by atoms with Crippen molar-refractivity contribution in [1.29, 1.82) is 0 Å². The fourth-order valence-corrected chi connectivity index (χ4v) is 2.64. The predicted molar refractivity (Wildman–Crippen MR) is 85.3 cm³/mol. The Balaban J connectivity index is 1.63. The maximum atomic E-state index is 13.8. The highest BCUT2D eigenvalue weighted by atomic mass is 35.5. The molecule has 9 heteroatoms. The first kappa shape index (κ1) is 15.1. The minimum absolute atomic E-state index is 0.0126. The van der Waals surface area contributed by atoms with Gasteiger partial charge in [-0.2, -0.15) is 14.4 Å². The number of hydrogen-bond donors (Lipinski definition) is 2. The molecule has 24 heavy (non-hydrogen) atoms. The van der Waals surface area contributed by atoms with Crippen molar-refractivity contribution in [2.24, 2.45) is 0 Å². The van der Waals surface area contributed by atoms with Crippen LogP contribution in [0.15, 0.2) is 24.5 Å². The van der Waals surface area contributed by atoms with E-state index < -0.39 is 6.08 Å². The van der Waals surface area contributed by atoms with Crippen LogP contribution in [0, 0.1) is 6.08 Å². The van der Waals surface area contributed by atoms with Crippen molar-refractivity contribution in [2.75, 3.05) is 11.9 Å². The summed E-state index contributed by atoms with van der Waals surface area (Å²) >= 11 is 5.78. The topological polar surface area (TPSA) is 85.1 Å². The lowest BCUT2D eigenvalue weighted by atomic mass is 10.2. The molecular weight excluding hydrogens is 337 g/mol. The standard InChI is InChI=1S/C15H13ClFN5O2/c16-9-2-1-8(5-10(9)23)6-18-13-12-14(21-15(17)20-13)22(7-19-12)11-3-4-24-11/h1-2,5,7,11,23H,3-4,6H2,(H,18,20,21). The van der Waals surface area contributed by atoms with Gasteiger partial charge in [-0.1, -0.05) is 17.7 Å². The smallest absolute Gasteiger partial charge is 0.312 e. The molecule has 0 radical (unpaired) electrons. The van der Waals surface area contributed by atoms with Crippen LogP contribution in [-0.4, -0.2) is 31.2 Å². The Morgan fingerprint density at radius 2 is 2.25 bits per heavy atom. The van der Waals surface area contributed by atoms with Crippen LogP contribution in [0.25, 0.3) is 11.2 Å². The molecular formula is C15H13ClFN5O2. The summed E-state index contributed by atoms with van der Waals surface area (Å²) in [6.07, 6.45) is 1.40. The van der Waals surface area contributed by atoms with E-state index >= 15 is 0 Å². The largest absolute Gasteiger partial charge is 0.506 e. The number of aromatic hydroxyl groups is 1. The number of rotatable bonds is 4. The summed E-state index contributed by atoms with van der Waals surface area (Å²) in [5, 5.41) is 12.9. The fourth-order valence-electron chi connectivity index (χ4n) is 2.52. The zero-order chi connectivity index (χ0) is 16.7. The molecule has 1 unspecified atom stereocenters. The van der Waals surface area contributed by atoms with Gasteiger partial charge in [-0.25, -0.2) is 4.98 Å². The number of halogens is 2. The van der Waals surface area contributed by atoms with E-state index in [1.54, 1.807) is 23.0 Å². The molecule has 7 nitrogen and oxygen atoms in total. The van der Waals surface area contributed by atoms with Gasteiger partial charge in [0.25, 0.3) is 0 Å². The van der Waals surface area contributed by atoms with E-state index in [-0.39, 0.29) is 22.8 Å². The average molecular weight is 350 g/mol. The minimum Gasteiger partial charge on any atom is -0.506 e. The number of imidazole rings is 1. The summed E-state index contributed by atoms with van der Waals surface area (Å²) in [6.45, 7) is 0.992. The quantitative estimate of drug-likeness (QED) is 0.704. The molecule has 0 aliphatic carbocycles. The second-order valence-electron chi connectivity index (χ2n) is 5.42. The van der Waals surface area contributed by atoms with E-state index in [4.69, 9.17) is 16.3 Å². The first-order valence-corrected chi connectivity index (χ1v) is 7.72. The van der Waals surface area contributed by atoms with Gasteiger partial charge >= 0.3 is 6.08 Å². The Morgan fingerprint density at radius 1 is 1.42 bits per heavy atom. The maximum Gasteiger partial charge on any atom is 0.312 e. The number of benzene rings is 1. The first-order valence-electron chi connectivity index (χ1n) is 7.35. The van der Waals surface area contributed by atoms with Gasteiger partial charge in [-0.15, -0.1) is 0 Å². The summed E-state index contributed by atoms with van der Waals surface area (Å²) in [7, 11) is 0. The zero-order valence-electron chi connectivity index (χ0n) is 12.4. The van der Waals surface area contributed by atoms with Crippen molar-refractivity contribution in [3.8, 4) is 5.75 Å². The number of anilines is 1. The Morgan fingerprint density at radius 3 is 2.96 bits per heavy atom. The van der Waals surface area contributed by atoms with E-state index in [1.807, 2.05) is 0 Å². The third-order valence-corrected chi connectivity index (χ3v) is 4.17. The minimum atomic E-state index is -0.843. The van der Waals surface area contributed by atoms with E-state index in [2.05, 4.69) is 20.3 Å². The van der Waals surface area contributed by atoms with Crippen LogP contribution in [0.5, 0.6) is 5.75 Å². The number of nitrogens with zero attached hydrogens (tertiary/aromatic N) is 4.